The number of halogens is 2. The van der Waals surface area contributed by atoms with Crippen molar-refractivity contribution in [3.8, 4) is 0 Å². The fourth-order valence-electron chi connectivity index (χ4n) is 5.75. The summed E-state index contributed by atoms with van der Waals surface area (Å²) in [6, 6.07) is 16.3. The number of fused-ring (bicyclic) bond motifs is 1. The fourth-order valence-corrected chi connectivity index (χ4v) is 5.99. The lowest BCUT2D eigenvalue weighted by Gasteiger charge is -2.38. The first kappa shape index (κ1) is 27.1. The number of rotatable bonds is 8. The molecule has 0 spiro atoms. The average molecular weight is 556 g/mol. The lowest BCUT2D eigenvalue weighted by molar-refractivity contribution is -0.0868. The van der Waals surface area contributed by atoms with Crippen LogP contribution in [0.5, 0.6) is 0 Å². The largest absolute Gasteiger partial charge is 0.395 e. The second-order valence-electron chi connectivity index (χ2n) is 10.2. The van der Waals surface area contributed by atoms with E-state index >= 15 is 0 Å². The lowest BCUT2D eigenvalue weighted by atomic mass is 9.88. The second kappa shape index (κ2) is 10.6. The summed E-state index contributed by atoms with van der Waals surface area (Å²) in [6.45, 7) is 3.16. The number of hydrogen-bond donors (Lipinski definition) is 2. The zero-order valence-corrected chi connectivity index (χ0v) is 22.9. The Labute approximate surface area is 232 Å². The smallest absolute Gasteiger partial charge is 0.257 e. The van der Waals surface area contributed by atoms with E-state index in [0.29, 0.717) is 39.0 Å². The molecule has 5 rings (SSSR count). The predicted octanol–water partition coefficient (Wildman–Crippen LogP) is 4.56. The molecule has 1 saturated heterocycles. The SMILES string of the molecule is CO[C@]1(c2ccc(Cl)cc2)c2ccc(C(C)(O)CN3CCCC3CO)cc2C(=O)N1Cc1ccc(Cl)cn1. The highest BCUT2D eigenvalue weighted by atomic mass is 35.5. The third kappa shape index (κ3) is 4.72. The van der Waals surface area contributed by atoms with E-state index in [0.717, 1.165) is 24.9 Å². The molecule has 3 heterocycles. The van der Waals surface area contributed by atoms with E-state index in [1.807, 2.05) is 24.3 Å². The summed E-state index contributed by atoms with van der Waals surface area (Å²) in [5.74, 6) is -0.236. The predicted molar refractivity (Wildman–Crippen MR) is 146 cm³/mol. The Balaban J connectivity index is 1.58. The third-order valence-corrected chi connectivity index (χ3v) is 8.20. The summed E-state index contributed by atoms with van der Waals surface area (Å²) >= 11 is 12.2. The Morgan fingerprint density at radius 2 is 1.87 bits per heavy atom. The lowest BCUT2D eigenvalue weighted by Crippen LogP contribution is -2.45. The van der Waals surface area contributed by atoms with E-state index in [-0.39, 0.29) is 25.1 Å². The van der Waals surface area contributed by atoms with Gasteiger partial charge in [0.1, 0.15) is 0 Å². The molecule has 0 radical (unpaired) electrons. The van der Waals surface area contributed by atoms with Crippen LogP contribution in [0, 0.1) is 0 Å². The Hall–Kier alpha value is -2.52. The van der Waals surface area contributed by atoms with Gasteiger partial charge in [0.2, 0.25) is 0 Å². The molecular formula is C29H31Cl2N3O4. The van der Waals surface area contributed by atoms with Crippen molar-refractivity contribution in [3.05, 3.63) is 98.8 Å². The van der Waals surface area contributed by atoms with Crippen molar-refractivity contribution in [1.82, 2.24) is 14.8 Å². The van der Waals surface area contributed by atoms with Crippen molar-refractivity contribution in [3.63, 3.8) is 0 Å². The van der Waals surface area contributed by atoms with Crippen molar-refractivity contribution in [2.24, 2.45) is 0 Å². The molecule has 2 aromatic carbocycles. The number of hydrogen-bond acceptors (Lipinski definition) is 6. The summed E-state index contributed by atoms with van der Waals surface area (Å²) < 4.78 is 6.20. The van der Waals surface area contributed by atoms with Crippen molar-refractivity contribution in [2.75, 3.05) is 26.8 Å². The number of benzene rings is 2. The number of aliphatic hydroxyl groups excluding tert-OH is 1. The molecule has 2 N–H and O–H groups in total. The number of β-amino-alcohol motifs (C(OH)–C–C–N with tert-alkyl or cyclic N) is 1. The fraction of sp³-hybridized carbons (Fsp3) is 0.379. The van der Waals surface area contributed by atoms with Crippen molar-refractivity contribution >= 4 is 29.1 Å². The molecule has 0 aliphatic carbocycles. The number of ether oxygens (including phenoxy) is 1. The maximum Gasteiger partial charge on any atom is 0.257 e. The molecule has 3 atom stereocenters. The van der Waals surface area contributed by atoms with Crippen LogP contribution >= 0.6 is 23.2 Å². The van der Waals surface area contributed by atoms with Crippen LogP contribution < -0.4 is 0 Å². The number of carbonyl (C=O) groups excluding carboxylic acids is 1. The van der Waals surface area contributed by atoms with E-state index in [9.17, 15) is 15.0 Å². The molecule has 0 saturated carbocycles. The molecule has 1 amide bonds. The molecule has 0 bridgehead atoms. The maximum absolute atomic E-state index is 14.0. The first-order valence-corrected chi connectivity index (χ1v) is 13.4. The van der Waals surface area contributed by atoms with Gasteiger partial charge in [0.05, 0.1) is 29.5 Å². The van der Waals surface area contributed by atoms with Gasteiger partial charge < -0.3 is 14.9 Å². The van der Waals surface area contributed by atoms with E-state index in [4.69, 9.17) is 27.9 Å². The van der Waals surface area contributed by atoms with Crippen molar-refractivity contribution in [1.29, 1.82) is 0 Å². The zero-order valence-electron chi connectivity index (χ0n) is 21.4. The normalized spacial score (nSPS) is 23.1. The van der Waals surface area contributed by atoms with Gasteiger partial charge in [-0.3, -0.25) is 19.6 Å². The summed E-state index contributed by atoms with van der Waals surface area (Å²) in [7, 11) is 1.58. The number of likely N-dealkylation sites (tertiary alicyclic amines) is 1. The first-order chi connectivity index (χ1) is 18.2. The van der Waals surface area contributed by atoms with Crippen LogP contribution in [0.2, 0.25) is 10.0 Å². The summed E-state index contributed by atoms with van der Waals surface area (Å²) in [6.07, 6.45) is 3.43. The molecular weight excluding hydrogens is 525 g/mol. The van der Waals surface area contributed by atoms with E-state index in [2.05, 4.69) is 9.88 Å². The number of nitrogens with zero attached hydrogens (tertiary/aromatic N) is 3. The van der Waals surface area contributed by atoms with Gasteiger partial charge in [-0.2, -0.15) is 0 Å². The van der Waals surface area contributed by atoms with E-state index in [1.54, 1.807) is 55.5 Å². The van der Waals surface area contributed by atoms with Gasteiger partial charge in [0.25, 0.3) is 5.91 Å². The summed E-state index contributed by atoms with van der Waals surface area (Å²) in [5, 5.41) is 22.3. The van der Waals surface area contributed by atoms with Gasteiger partial charge >= 0.3 is 0 Å². The molecule has 3 aromatic rings. The van der Waals surface area contributed by atoms with Crippen molar-refractivity contribution in [2.45, 2.75) is 43.7 Å². The Morgan fingerprint density at radius 1 is 1.13 bits per heavy atom. The minimum atomic E-state index is -1.23. The summed E-state index contributed by atoms with van der Waals surface area (Å²) in [5.41, 5.74) is 0.702. The molecule has 9 heteroatoms. The zero-order chi connectivity index (χ0) is 27.1. The number of aromatic nitrogens is 1. The molecule has 7 nitrogen and oxygen atoms in total. The Kier molecular flexibility index (Phi) is 7.52. The minimum Gasteiger partial charge on any atom is -0.395 e. The van der Waals surface area contributed by atoms with E-state index < -0.39 is 11.3 Å². The van der Waals surface area contributed by atoms with Gasteiger partial charge in [-0.25, -0.2) is 0 Å². The highest BCUT2D eigenvalue weighted by Crippen LogP contribution is 2.47. The van der Waals surface area contributed by atoms with Gasteiger partial charge in [-0.15, -0.1) is 0 Å². The standard InChI is InChI=1S/C29H31Cl2N3O4/c1-28(37,18-33-13-3-4-24(33)17-35)20-7-12-26-25(14-20)27(36)34(16-23-11-10-22(31)15-32-23)29(26,38-2)19-5-8-21(30)9-6-19/h5-12,14-15,24,35,37H,3-4,13,16-18H2,1-2H3/t24?,28?,29-/m1/s1. The number of pyridine rings is 1. The van der Waals surface area contributed by atoms with Gasteiger partial charge in [0, 0.05) is 47.6 Å². The maximum atomic E-state index is 14.0. The topological polar surface area (TPSA) is 86.1 Å². The highest BCUT2D eigenvalue weighted by molar-refractivity contribution is 6.30. The average Bonchev–Trinajstić information content (AvgIpc) is 3.45. The van der Waals surface area contributed by atoms with Crippen molar-refractivity contribution < 1.29 is 19.7 Å². The molecule has 2 unspecified atom stereocenters. The van der Waals surface area contributed by atoms with Crippen LogP contribution in [0.1, 0.15) is 52.5 Å². The van der Waals surface area contributed by atoms with Crippen LogP contribution in [0.25, 0.3) is 0 Å². The van der Waals surface area contributed by atoms with Gasteiger partial charge in [0.15, 0.2) is 5.72 Å². The number of methoxy groups -OCH3 is 1. The van der Waals surface area contributed by atoms with Crippen LogP contribution in [-0.4, -0.2) is 63.8 Å². The van der Waals surface area contributed by atoms with Crippen LogP contribution in [0.4, 0.5) is 0 Å². The van der Waals surface area contributed by atoms with Gasteiger partial charge in [-0.05, 0) is 62.2 Å². The molecule has 38 heavy (non-hydrogen) atoms. The molecule has 2 aliphatic rings. The quantitative estimate of drug-likeness (QED) is 0.424. The summed E-state index contributed by atoms with van der Waals surface area (Å²) in [4.78, 5) is 22.2. The molecule has 200 valence electrons. The number of amides is 1. The van der Waals surface area contributed by atoms with Gasteiger partial charge in [-0.1, -0.05) is 47.5 Å². The molecule has 1 fully saturated rings. The molecule has 1 aromatic heterocycles. The Bertz CT molecular complexity index is 1320. The van der Waals surface area contributed by atoms with Crippen LogP contribution in [0.3, 0.4) is 0 Å². The van der Waals surface area contributed by atoms with Crippen LogP contribution in [0.15, 0.2) is 60.8 Å². The third-order valence-electron chi connectivity index (χ3n) is 7.72. The Morgan fingerprint density at radius 3 is 2.53 bits per heavy atom. The van der Waals surface area contributed by atoms with E-state index in [1.165, 1.54) is 0 Å². The molecule has 2 aliphatic heterocycles. The number of aliphatic hydroxyl groups is 2. The first-order valence-electron chi connectivity index (χ1n) is 12.7. The number of carbonyl (C=O) groups is 1. The minimum absolute atomic E-state index is 0.0333. The van der Waals surface area contributed by atoms with Crippen LogP contribution in [-0.2, 0) is 22.6 Å². The highest BCUT2D eigenvalue weighted by Gasteiger charge is 2.52. The monoisotopic (exact) mass is 555 g/mol. The second-order valence-corrected chi connectivity index (χ2v) is 11.1.